The number of piperidine rings is 1. The highest BCUT2D eigenvalue weighted by molar-refractivity contribution is 6.30. The minimum atomic E-state index is -0.952. The van der Waals surface area contributed by atoms with Gasteiger partial charge in [0.2, 0.25) is 0 Å². The number of para-hydroxylation sites is 1. The van der Waals surface area contributed by atoms with Crippen LogP contribution in [0.5, 0.6) is 0 Å². The number of nitrogens with zero attached hydrogens (tertiary/aromatic N) is 2. The molecule has 0 atom stereocenters. The summed E-state index contributed by atoms with van der Waals surface area (Å²) < 4.78 is 0. The summed E-state index contributed by atoms with van der Waals surface area (Å²) in [6.45, 7) is 0.968. The highest BCUT2D eigenvalue weighted by Gasteiger charge is 2.52. The second-order valence-corrected chi connectivity index (χ2v) is 8.51. The van der Waals surface area contributed by atoms with E-state index in [0.29, 0.717) is 36.5 Å². The largest absolute Gasteiger partial charge is 0.360 e. The molecule has 1 aromatic heterocycles. The van der Waals surface area contributed by atoms with Crippen LogP contribution in [0.15, 0.2) is 54.7 Å². The van der Waals surface area contributed by atoms with Crippen molar-refractivity contribution in [3.05, 3.63) is 70.9 Å². The van der Waals surface area contributed by atoms with Crippen molar-refractivity contribution in [1.82, 2.24) is 20.1 Å². The number of aromatic amines is 1. The summed E-state index contributed by atoms with van der Waals surface area (Å²) >= 11 is 6.03. The lowest BCUT2D eigenvalue weighted by atomic mass is 9.87. The highest BCUT2D eigenvalue weighted by atomic mass is 35.5. The van der Waals surface area contributed by atoms with Gasteiger partial charge in [0.05, 0.1) is 12.1 Å². The molecule has 2 fully saturated rings. The summed E-state index contributed by atoms with van der Waals surface area (Å²) in [5, 5.41) is 4.33. The van der Waals surface area contributed by atoms with Crippen LogP contribution in [0.4, 0.5) is 4.79 Å². The number of H-pyrrole nitrogens is 1. The molecular formula is C23H21ClN4O3. The SMILES string of the molecule is O=C(c1c[nH]c2ccccc12)N1CCC2(CC1)NC(=O)N(Cc1cccc(Cl)c1)C2=O. The van der Waals surface area contributed by atoms with Gasteiger partial charge in [-0.2, -0.15) is 0 Å². The molecule has 3 heterocycles. The van der Waals surface area contributed by atoms with Gasteiger partial charge in [-0.1, -0.05) is 41.9 Å². The zero-order valence-electron chi connectivity index (χ0n) is 16.7. The summed E-state index contributed by atoms with van der Waals surface area (Å²) in [7, 11) is 0. The van der Waals surface area contributed by atoms with Crippen LogP contribution in [-0.4, -0.2) is 51.3 Å². The van der Waals surface area contributed by atoms with Crippen LogP contribution in [0.3, 0.4) is 0 Å². The topological polar surface area (TPSA) is 85.5 Å². The number of carbonyl (C=O) groups excluding carboxylic acids is 3. The first-order chi connectivity index (χ1) is 15.0. The van der Waals surface area contributed by atoms with Crippen LogP contribution in [0.1, 0.15) is 28.8 Å². The van der Waals surface area contributed by atoms with Gasteiger partial charge in [0.15, 0.2) is 0 Å². The van der Waals surface area contributed by atoms with Crippen LogP contribution in [0.2, 0.25) is 5.02 Å². The molecule has 4 amide bonds. The van der Waals surface area contributed by atoms with Crippen molar-refractivity contribution in [3.63, 3.8) is 0 Å². The van der Waals surface area contributed by atoms with Crippen molar-refractivity contribution in [2.45, 2.75) is 24.9 Å². The molecule has 2 aliphatic rings. The van der Waals surface area contributed by atoms with Gasteiger partial charge in [0, 0.05) is 35.2 Å². The van der Waals surface area contributed by atoms with Crippen LogP contribution in [0.25, 0.3) is 10.9 Å². The number of carbonyl (C=O) groups is 3. The van der Waals surface area contributed by atoms with E-state index in [0.717, 1.165) is 16.5 Å². The van der Waals surface area contributed by atoms with Crippen molar-refractivity contribution >= 4 is 40.3 Å². The molecule has 2 aliphatic heterocycles. The van der Waals surface area contributed by atoms with E-state index < -0.39 is 11.6 Å². The van der Waals surface area contributed by atoms with Crippen LogP contribution >= 0.6 is 11.6 Å². The molecule has 158 valence electrons. The Balaban J connectivity index is 1.29. The molecule has 31 heavy (non-hydrogen) atoms. The molecule has 3 aromatic rings. The Labute approximate surface area is 184 Å². The molecule has 0 unspecified atom stereocenters. The maximum atomic E-state index is 13.2. The molecule has 1 spiro atoms. The first kappa shape index (κ1) is 19.6. The van der Waals surface area contributed by atoms with E-state index in [-0.39, 0.29) is 18.4 Å². The van der Waals surface area contributed by atoms with Crippen molar-refractivity contribution in [2.24, 2.45) is 0 Å². The number of aromatic nitrogens is 1. The van der Waals surface area contributed by atoms with Crippen molar-refractivity contribution in [1.29, 1.82) is 0 Å². The predicted octanol–water partition coefficient (Wildman–Crippen LogP) is 3.55. The Hall–Kier alpha value is -3.32. The highest BCUT2D eigenvalue weighted by Crippen LogP contribution is 2.32. The quantitative estimate of drug-likeness (QED) is 0.616. The normalized spacial score (nSPS) is 18.1. The third-order valence-electron chi connectivity index (χ3n) is 6.20. The van der Waals surface area contributed by atoms with Gasteiger partial charge in [-0.3, -0.25) is 14.5 Å². The Bertz CT molecular complexity index is 1200. The summed E-state index contributed by atoms with van der Waals surface area (Å²) in [4.78, 5) is 44.9. The fraction of sp³-hybridized carbons (Fsp3) is 0.261. The first-order valence-electron chi connectivity index (χ1n) is 10.2. The third kappa shape index (κ3) is 3.35. The summed E-state index contributed by atoms with van der Waals surface area (Å²) in [6, 6.07) is 14.4. The molecule has 8 heteroatoms. The van der Waals surface area contributed by atoms with Gasteiger partial charge in [0.25, 0.3) is 11.8 Å². The molecule has 0 aliphatic carbocycles. The van der Waals surface area contributed by atoms with Crippen LogP contribution < -0.4 is 5.32 Å². The van der Waals surface area contributed by atoms with Crippen molar-refractivity contribution in [2.75, 3.05) is 13.1 Å². The van der Waals surface area contributed by atoms with E-state index >= 15 is 0 Å². The second-order valence-electron chi connectivity index (χ2n) is 8.07. The molecule has 2 aromatic carbocycles. The van der Waals surface area contributed by atoms with E-state index in [2.05, 4.69) is 10.3 Å². The molecule has 2 N–H and O–H groups in total. The van der Waals surface area contributed by atoms with Crippen molar-refractivity contribution < 1.29 is 14.4 Å². The van der Waals surface area contributed by atoms with Gasteiger partial charge in [-0.15, -0.1) is 0 Å². The maximum Gasteiger partial charge on any atom is 0.325 e. The van der Waals surface area contributed by atoms with Gasteiger partial charge in [-0.25, -0.2) is 4.79 Å². The van der Waals surface area contributed by atoms with Gasteiger partial charge < -0.3 is 15.2 Å². The zero-order chi connectivity index (χ0) is 21.6. The third-order valence-corrected chi connectivity index (χ3v) is 6.43. The van der Waals surface area contributed by atoms with Gasteiger partial charge >= 0.3 is 6.03 Å². The Morgan fingerprint density at radius 1 is 1.06 bits per heavy atom. The molecule has 0 radical (unpaired) electrons. The molecule has 7 nitrogen and oxygen atoms in total. The lowest BCUT2D eigenvalue weighted by molar-refractivity contribution is -0.133. The standard InChI is InChI=1S/C23H21ClN4O3/c24-16-5-3-4-15(12-16)14-28-21(30)23(26-22(28)31)8-10-27(11-9-23)20(29)18-13-25-19-7-2-1-6-17(18)19/h1-7,12-13,25H,8-11,14H2,(H,26,31). The number of fused-ring (bicyclic) bond motifs is 1. The number of halogens is 1. The van der Waals surface area contributed by atoms with Gasteiger partial charge in [-0.05, 0) is 36.6 Å². The van der Waals surface area contributed by atoms with Crippen LogP contribution in [-0.2, 0) is 11.3 Å². The molecule has 0 bridgehead atoms. The Morgan fingerprint density at radius 3 is 2.61 bits per heavy atom. The lowest BCUT2D eigenvalue weighted by Gasteiger charge is -2.37. The van der Waals surface area contributed by atoms with E-state index in [9.17, 15) is 14.4 Å². The zero-order valence-corrected chi connectivity index (χ0v) is 17.5. The molecule has 2 saturated heterocycles. The summed E-state index contributed by atoms with van der Waals surface area (Å²) in [5.41, 5.74) is 1.37. The number of urea groups is 1. The first-order valence-corrected chi connectivity index (χ1v) is 10.6. The summed E-state index contributed by atoms with van der Waals surface area (Å²) in [6.07, 6.45) is 2.50. The minimum absolute atomic E-state index is 0.0696. The molecule has 5 rings (SSSR count). The number of benzene rings is 2. The Morgan fingerprint density at radius 2 is 1.84 bits per heavy atom. The summed E-state index contributed by atoms with van der Waals surface area (Å²) in [5.74, 6) is -0.309. The smallest absolute Gasteiger partial charge is 0.325 e. The number of imide groups is 1. The van der Waals surface area contributed by atoms with Crippen LogP contribution in [0, 0.1) is 0 Å². The van der Waals surface area contributed by atoms with E-state index in [1.54, 1.807) is 29.3 Å². The number of rotatable bonds is 3. The second kappa shape index (κ2) is 7.42. The fourth-order valence-electron chi connectivity index (χ4n) is 4.49. The molecule has 0 saturated carbocycles. The van der Waals surface area contributed by atoms with E-state index in [4.69, 9.17) is 11.6 Å². The van der Waals surface area contributed by atoms with E-state index in [1.807, 2.05) is 30.3 Å². The Kier molecular flexibility index (Phi) is 4.70. The number of amides is 4. The minimum Gasteiger partial charge on any atom is -0.360 e. The fourth-order valence-corrected chi connectivity index (χ4v) is 4.70. The van der Waals surface area contributed by atoms with Crippen molar-refractivity contribution in [3.8, 4) is 0 Å². The number of likely N-dealkylation sites (tertiary alicyclic amines) is 1. The van der Waals surface area contributed by atoms with Gasteiger partial charge in [0.1, 0.15) is 5.54 Å². The average molecular weight is 437 g/mol. The predicted molar refractivity (Wildman–Crippen MR) is 117 cm³/mol. The monoisotopic (exact) mass is 436 g/mol. The number of hydrogen-bond donors (Lipinski definition) is 2. The number of nitrogens with one attached hydrogen (secondary N) is 2. The van der Waals surface area contributed by atoms with E-state index in [1.165, 1.54) is 4.90 Å². The average Bonchev–Trinajstić information content (AvgIpc) is 3.29. The number of hydrogen-bond acceptors (Lipinski definition) is 3. The molecular weight excluding hydrogens is 416 g/mol. The lowest BCUT2D eigenvalue weighted by Crippen LogP contribution is -2.55. The maximum absolute atomic E-state index is 13.2.